The Morgan fingerprint density at radius 3 is 2.87 bits per heavy atom. The SMILES string of the molecule is O=C([O-])CCNC(=O)c1ccc2c(c1)[C@H]1C=CC[C@H]1[C@H](c1ccc3c(c1)OCO3)N2. The predicted octanol–water partition coefficient (Wildman–Crippen LogP) is 2.11. The molecule has 2 N–H and O–H groups in total. The summed E-state index contributed by atoms with van der Waals surface area (Å²) in [7, 11) is 0. The Labute approximate surface area is 173 Å². The minimum atomic E-state index is -1.18. The van der Waals surface area contributed by atoms with Gasteiger partial charge in [-0.2, -0.15) is 0 Å². The largest absolute Gasteiger partial charge is 0.550 e. The lowest BCUT2D eigenvalue weighted by molar-refractivity contribution is -0.305. The zero-order chi connectivity index (χ0) is 20.7. The number of carboxylic acid groups (broad SMARTS) is 1. The van der Waals surface area contributed by atoms with Crippen LogP contribution in [-0.2, 0) is 4.79 Å². The van der Waals surface area contributed by atoms with Crippen molar-refractivity contribution in [3.8, 4) is 11.5 Å². The average molecular weight is 405 g/mol. The highest BCUT2D eigenvalue weighted by molar-refractivity contribution is 5.95. The van der Waals surface area contributed by atoms with Crippen LogP contribution >= 0.6 is 0 Å². The summed E-state index contributed by atoms with van der Waals surface area (Å²) in [6.45, 7) is 0.301. The Balaban J connectivity index is 1.41. The fourth-order valence-corrected chi connectivity index (χ4v) is 4.55. The van der Waals surface area contributed by atoms with Gasteiger partial charge in [-0.15, -0.1) is 0 Å². The minimum absolute atomic E-state index is 0.0502. The lowest BCUT2D eigenvalue weighted by Gasteiger charge is -2.37. The van der Waals surface area contributed by atoms with Gasteiger partial charge >= 0.3 is 0 Å². The number of amides is 1. The number of rotatable bonds is 5. The molecule has 0 unspecified atom stereocenters. The van der Waals surface area contributed by atoms with Gasteiger partial charge in [-0.25, -0.2) is 0 Å². The maximum Gasteiger partial charge on any atom is 0.251 e. The number of aliphatic carboxylic acids is 1. The van der Waals surface area contributed by atoms with Crippen LogP contribution in [0.1, 0.15) is 46.3 Å². The third kappa shape index (κ3) is 3.26. The van der Waals surface area contributed by atoms with Crippen LogP contribution < -0.4 is 25.2 Å². The fourth-order valence-electron chi connectivity index (χ4n) is 4.55. The van der Waals surface area contributed by atoms with E-state index in [1.165, 1.54) is 0 Å². The van der Waals surface area contributed by atoms with E-state index in [1.807, 2.05) is 24.3 Å². The normalized spacial score (nSPS) is 22.7. The molecule has 2 aromatic carbocycles. The van der Waals surface area contributed by atoms with Gasteiger partial charge in [0.15, 0.2) is 11.5 Å². The van der Waals surface area contributed by atoms with Gasteiger partial charge in [-0.05, 0) is 53.8 Å². The van der Waals surface area contributed by atoms with Gasteiger partial charge in [0.05, 0.1) is 6.04 Å². The van der Waals surface area contributed by atoms with Gasteiger partial charge in [0.2, 0.25) is 6.79 Å². The third-order valence-corrected chi connectivity index (χ3v) is 6.00. The Hall–Kier alpha value is -3.48. The second-order valence-corrected chi connectivity index (χ2v) is 7.77. The average Bonchev–Trinajstić information content (AvgIpc) is 3.41. The molecule has 0 fully saturated rings. The lowest BCUT2D eigenvalue weighted by atomic mass is 9.76. The summed E-state index contributed by atoms with van der Waals surface area (Å²) in [5, 5.41) is 16.8. The molecule has 7 nitrogen and oxygen atoms in total. The number of carboxylic acids is 1. The van der Waals surface area contributed by atoms with Crippen molar-refractivity contribution in [1.29, 1.82) is 0 Å². The standard InChI is InChI=1S/C23H22N2O5/c26-21(27)8-9-24-23(28)14-4-6-18-17(10-14)15-2-1-3-16(15)22(25-18)13-5-7-19-20(11-13)30-12-29-19/h1-2,4-7,10-11,15-16,22,25H,3,8-9,12H2,(H,24,28)(H,26,27)/p-1/t15-,16+,22-/m0/s1. The fraction of sp³-hybridized carbons (Fsp3) is 0.304. The molecule has 0 bridgehead atoms. The molecule has 3 atom stereocenters. The maximum absolute atomic E-state index is 12.4. The Bertz CT molecular complexity index is 1050. The van der Waals surface area contributed by atoms with Crippen molar-refractivity contribution in [2.24, 2.45) is 5.92 Å². The summed E-state index contributed by atoms with van der Waals surface area (Å²) in [6, 6.07) is 11.8. The van der Waals surface area contributed by atoms with Crippen LogP contribution in [0.15, 0.2) is 48.6 Å². The molecule has 0 aromatic heterocycles. The van der Waals surface area contributed by atoms with Gasteiger partial charge in [0.1, 0.15) is 0 Å². The number of ether oxygens (including phenoxy) is 2. The van der Waals surface area contributed by atoms with Crippen molar-refractivity contribution in [3.63, 3.8) is 0 Å². The van der Waals surface area contributed by atoms with Crippen molar-refractivity contribution >= 4 is 17.6 Å². The molecule has 2 aromatic rings. The van der Waals surface area contributed by atoms with E-state index in [0.717, 1.165) is 34.7 Å². The molecule has 1 amide bonds. The van der Waals surface area contributed by atoms with Crippen LogP contribution in [0.5, 0.6) is 11.5 Å². The molecule has 7 heteroatoms. The number of anilines is 1. The highest BCUT2D eigenvalue weighted by atomic mass is 16.7. The first kappa shape index (κ1) is 18.5. The van der Waals surface area contributed by atoms with E-state index in [-0.39, 0.29) is 37.6 Å². The van der Waals surface area contributed by atoms with Crippen LogP contribution in [0.2, 0.25) is 0 Å². The molecule has 3 aliphatic rings. The highest BCUT2D eigenvalue weighted by Crippen LogP contribution is 2.50. The van der Waals surface area contributed by atoms with Crippen LogP contribution in [-0.4, -0.2) is 25.2 Å². The van der Waals surface area contributed by atoms with Gasteiger partial charge < -0.3 is 30.0 Å². The van der Waals surface area contributed by atoms with Crippen molar-refractivity contribution in [3.05, 3.63) is 65.2 Å². The van der Waals surface area contributed by atoms with Crippen LogP contribution in [0, 0.1) is 5.92 Å². The monoisotopic (exact) mass is 405 g/mol. The van der Waals surface area contributed by atoms with E-state index in [0.29, 0.717) is 11.5 Å². The molecule has 5 rings (SSSR count). The van der Waals surface area contributed by atoms with Crippen LogP contribution in [0.4, 0.5) is 5.69 Å². The summed E-state index contributed by atoms with van der Waals surface area (Å²) in [5.74, 6) is 0.604. The molecule has 0 saturated carbocycles. The van der Waals surface area contributed by atoms with E-state index in [9.17, 15) is 14.7 Å². The zero-order valence-electron chi connectivity index (χ0n) is 16.2. The maximum atomic E-state index is 12.4. The third-order valence-electron chi connectivity index (χ3n) is 6.00. The number of allylic oxidation sites excluding steroid dienone is 2. The quantitative estimate of drug-likeness (QED) is 0.739. The number of hydrogen-bond donors (Lipinski definition) is 2. The summed E-state index contributed by atoms with van der Waals surface area (Å²) in [6.07, 6.45) is 5.14. The first-order valence-electron chi connectivity index (χ1n) is 10.0. The number of nitrogens with one attached hydrogen (secondary N) is 2. The van der Waals surface area contributed by atoms with Gasteiger partial charge in [-0.1, -0.05) is 18.2 Å². The second-order valence-electron chi connectivity index (χ2n) is 7.77. The molecule has 30 heavy (non-hydrogen) atoms. The van der Waals surface area contributed by atoms with Crippen molar-refractivity contribution < 1.29 is 24.2 Å². The number of benzene rings is 2. The van der Waals surface area contributed by atoms with Crippen LogP contribution in [0.25, 0.3) is 0 Å². The number of carbonyl (C=O) groups is 2. The Morgan fingerprint density at radius 2 is 2.00 bits per heavy atom. The Morgan fingerprint density at radius 1 is 1.13 bits per heavy atom. The molecule has 2 aliphatic heterocycles. The highest BCUT2D eigenvalue weighted by Gasteiger charge is 2.38. The summed E-state index contributed by atoms with van der Waals surface area (Å²) in [4.78, 5) is 23.0. The zero-order valence-corrected chi connectivity index (χ0v) is 16.2. The summed E-state index contributed by atoms with van der Waals surface area (Å²) >= 11 is 0. The predicted molar refractivity (Wildman–Crippen MR) is 107 cm³/mol. The first-order chi connectivity index (χ1) is 14.6. The molecule has 0 spiro atoms. The van der Waals surface area contributed by atoms with E-state index in [2.05, 4.69) is 28.9 Å². The number of carbonyl (C=O) groups excluding carboxylic acids is 2. The molecule has 0 radical (unpaired) electrons. The molecule has 154 valence electrons. The Kier molecular flexibility index (Phi) is 4.58. The number of fused-ring (bicyclic) bond motifs is 4. The molecular weight excluding hydrogens is 384 g/mol. The lowest BCUT2D eigenvalue weighted by Crippen LogP contribution is -2.32. The summed E-state index contributed by atoms with van der Waals surface area (Å²) < 4.78 is 11.0. The summed E-state index contributed by atoms with van der Waals surface area (Å²) in [5.41, 5.74) is 3.75. The van der Waals surface area contributed by atoms with E-state index >= 15 is 0 Å². The first-order valence-corrected chi connectivity index (χ1v) is 10.0. The second kappa shape index (κ2) is 7.40. The van der Waals surface area contributed by atoms with Gasteiger partial charge in [0.25, 0.3) is 5.91 Å². The van der Waals surface area contributed by atoms with Gasteiger partial charge in [0, 0.05) is 36.1 Å². The van der Waals surface area contributed by atoms with Gasteiger partial charge in [-0.3, -0.25) is 4.79 Å². The molecule has 0 saturated heterocycles. The van der Waals surface area contributed by atoms with E-state index in [1.54, 1.807) is 6.07 Å². The van der Waals surface area contributed by atoms with Crippen molar-refractivity contribution in [2.45, 2.75) is 24.8 Å². The molecule has 1 aliphatic carbocycles. The van der Waals surface area contributed by atoms with Crippen LogP contribution in [0.3, 0.4) is 0 Å². The minimum Gasteiger partial charge on any atom is -0.550 e. The van der Waals surface area contributed by atoms with E-state index in [4.69, 9.17) is 9.47 Å². The van der Waals surface area contributed by atoms with Crippen molar-refractivity contribution in [1.82, 2.24) is 5.32 Å². The van der Waals surface area contributed by atoms with E-state index < -0.39 is 5.97 Å². The molecular formula is C23H21N2O5-. The smallest absolute Gasteiger partial charge is 0.251 e. The van der Waals surface area contributed by atoms with Crippen molar-refractivity contribution in [2.75, 3.05) is 18.7 Å². The topological polar surface area (TPSA) is 99.7 Å². The number of hydrogen-bond acceptors (Lipinski definition) is 6. The molecule has 2 heterocycles.